The molecule has 5 heteroatoms. The number of hydrogen-bond acceptors (Lipinski definition) is 2. The van der Waals surface area contributed by atoms with Crippen LogP contribution >= 0.6 is 15.9 Å². The fourth-order valence-electron chi connectivity index (χ4n) is 3.03. The molecule has 0 aliphatic heterocycles. The standard InChI is InChI=1S/C21H24BrN3O/c1-4-14(2)13-25-19-11-6-5-10-18(19)24-20(25)15(3)23-21(26)16-8-7-9-17(22)12-16/h5-12,14-15H,4,13H2,1-3H3,(H,23,26). The minimum Gasteiger partial charge on any atom is -0.342 e. The minimum atomic E-state index is -0.182. The second-order valence-electron chi connectivity index (χ2n) is 6.79. The summed E-state index contributed by atoms with van der Waals surface area (Å²) in [6, 6.07) is 15.4. The van der Waals surface area contributed by atoms with Crippen LogP contribution in [0.4, 0.5) is 0 Å². The van der Waals surface area contributed by atoms with Crippen LogP contribution in [0.2, 0.25) is 0 Å². The number of imidazole rings is 1. The molecule has 0 aliphatic carbocycles. The first-order chi connectivity index (χ1) is 12.5. The van der Waals surface area contributed by atoms with Crippen molar-refractivity contribution in [1.29, 1.82) is 0 Å². The summed E-state index contributed by atoms with van der Waals surface area (Å²) in [7, 11) is 0. The van der Waals surface area contributed by atoms with Crippen molar-refractivity contribution in [2.45, 2.75) is 39.8 Å². The third-order valence-electron chi connectivity index (χ3n) is 4.70. The zero-order valence-electron chi connectivity index (χ0n) is 15.4. The zero-order valence-corrected chi connectivity index (χ0v) is 17.0. The van der Waals surface area contributed by atoms with E-state index in [1.165, 1.54) is 0 Å². The highest BCUT2D eigenvalue weighted by Gasteiger charge is 2.20. The van der Waals surface area contributed by atoms with Gasteiger partial charge in [0.15, 0.2) is 0 Å². The average molecular weight is 414 g/mol. The third-order valence-corrected chi connectivity index (χ3v) is 5.19. The van der Waals surface area contributed by atoms with E-state index in [0.29, 0.717) is 11.5 Å². The molecule has 0 fully saturated rings. The van der Waals surface area contributed by atoms with Crippen LogP contribution in [0.25, 0.3) is 11.0 Å². The smallest absolute Gasteiger partial charge is 0.251 e. The molecule has 2 unspecified atom stereocenters. The first-order valence-electron chi connectivity index (χ1n) is 9.01. The summed E-state index contributed by atoms with van der Waals surface area (Å²) < 4.78 is 3.14. The van der Waals surface area contributed by atoms with Crippen LogP contribution in [0, 0.1) is 5.92 Å². The summed E-state index contributed by atoms with van der Waals surface area (Å²) in [5.74, 6) is 1.34. The molecule has 3 rings (SSSR count). The summed E-state index contributed by atoms with van der Waals surface area (Å²) in [6.07, 6.45) is 1.10. The summed E-state index contributed by atoms with van der Waals surface area (Å²) in [5, 5.41) is 3.09. The van der Waals surface area contributed by atoms with E-state index in [4.69, 9.17) is 4.98 Å². The number of nitrogens with one attached hydrogen (secondary N) is 1. The average Bonchev–Trinajstić information content (AvgIpc) is 3.00. The largest absolute Gasteiger partial charge is 0.342 e. The van der Waals surface area contributed by atoms with Gasteiger partial charge < -0.3 is 9.88 Å². The summed E-state index contributed by atoms with van der Waals surface area (Å²) in [5.41, 5.74) is 2.72. The quantitative estimate of drug-likeness (QED) is 0.592. The number of rotatable bonds is 6. The maximum Gasteiger partial charge on any atom is 0.251 e. The Morgan fingerprint density at radius 1 is 1.19 bits per heavy atom. The lowest BCUT2D eigenvalue weighted by Crippen LogP contribution is -2.29. The number of carbonyl (C=O) groups is 1. The van der Waals surface area contributed by atoms with Gasteiger partial charge in [-0.1, -0.05) is 54.4 Å². The summed E-state index contributed by atoms with van der Waals surface area (Å²) in [4.78, 5) is 17.4. The lowest BCUT2D eigenvalue weighted by molar-refractivity contribution is 0.0937. The van der Waals surface area contributed by atoms with Gasteiger partial charge >= 0.3 is 0 Å². The molecule has 0 aliphatic rings. The molecule has 4 nitrogen and oxygen atoms in total. The van der Waals surface area contributed by atoms with Crippen LogP contribution in [-0.4, -0.2) is 15.5 Å². The summed E-state index contributed by atoms with van der Waals surface area (Å²) >= 11 is 3.42. The van der Waals surface area contributed by atoms with Crippen LogP contribution in [0.1, 0.15) is 49.4 Å². The number of carbonyl (C=O) groups excluding carboxylic acids is 1. The van der Waals surface area contributed by atoms with E-state index in [-0.39, 0.29) is 11.9 Å². The molecule has 0 saturated heterocycles. The van der Waals surface area contributed by atoms with Crippen LogP contribution in [-0.2, 0) is 6.54 Å². The number of amides is 1. The van der Waals surface area contributed by atoms with E-state index in [9.17, 15) is 4.79 Å². The lowest BCUT2D eigenvalue weighted by atomic mass is 10.1. The van der Waals surface area contributed by atoms with Crippen molar-refractivity contribution in [2.24, 2.45) is 5.92 Å². The SMILES string of the molecule is CCC(C)Cn1c(C(C)NC(=O)c2cccc(Br)c2)nc2ccccc21. The van der Waals surface area contributed by atoms with Gasteiger partial charge in [-0.05, 0) is 43.2 Å². The number of para-hydroxylation sites is 2. The number of hydrogen-bond donors (Lipinski definition) is 1. The Labute approximate surface area is 162 Å². The van der Waals surface area contributed by atoms with E-state index in [0.717, 1.165) is 34.3 Å². The normalized spacial score (nSPS) is 13.5. The van der Waals surface area contributed by atoms with Crippen molar-refractivity contribution >= 4 is 32.9 Å². The molecule has 3 aromatic rings. The van der Waals surface area contributed by atoms with Crippen molar-refractivity contribution in [3.8, 4) is 0 Å². The molecule has 0 spiro atoms. The molecule has 2 atom stereocenters. The molecular weight excluding hydrogens is 390 g/mol. The zero-order chi connectivity index (χ0) is 18.7. The third kappa shape index (κ3) is 3.98. The Morgan fingerprint density at radius 3 is 2.69 bits per heavy atom. The first kappa shape index (κ1) is 18.6. The molecule has 1 N–H and O–H groups in total. The van der Waals surface area contributed by atoms with Crippen LogP contribution in [0.15, 0.2) is 53.0 Å². The van der Waals surface area contributed by atoms with Crippen molar-refractivity contribution in [3.05, 3.63) is 64.4 Å². The molecule has 1 aromatic heterocycles. The van der Waals surface area contributed by atoms with Gasteiger partial charge in [0.25, 0.3) is 5.91 Å². The van der Waals surface area contributed by atoms with E-state index in [1.54, 1.807) is 0 Å². The van der Waals surface area contributed by atoms with Crippen molar-refractivity contribution in [1.82, 2.24) is 14.9 Å². The van der Waals surface area contributed by atoms with Gasteiger partial charge in [-0.2, -0.15) is 0 Å². The van der Waals surface area contributed by atoms with Crippen molar-refractivity contribution in [2.75, 3.05) is 0 Å². The molecule has 2 aromatic carbocycles. The summed E-state index contributed by atoms with van der Waals surface area (Å²) in [6.45, 7) is 7.32. The Hall–Kier alpha value is -2.14. The topological polar surface area (TPSA) is 46.9 Å². The molecular formula is C21H24BrN3O. The van der Waals surface area contributed by atoms with E-state index in [2.05, 4.69) is 45.7 Å². The van der Waals surface area contributed by atoms with E-state index in [1.807, 2.05) is 49.4 Å². The number of halogens is 1. The van der Waals surface area contributed by atoms with E-state index >= 15 is 0 Å². The lowest BCUT2D eigenvalue weighted by Gasteiger charge is -2.18. The number of fused-ring (bicyclic) bond motifs is 1. The molecule has 26 heavy (non-hydrogen) atoms. The molecule has 136 valence electrons. The highest BCUT2D eigenvalue weighted by atomic mass is 79.9. The highest BCUT2D eigenvalue weighted by Crippen LogP contribution is 2.23. The maximum atomic E-state index is 12.6. The van der Waals surface area contributed by atoms with Gasteiger partial charge in [0.05, 0.1) is 17.1 Å². The van der Waals surface area contributed by atoms with Gasteiger partial charge in [-0.3, -0.25) is 4.79 Å². The van der Waals surface area contributed by atoms with Crippen LogP contribution < -0.4 is 5.32 Å². The van der Waals surface area contributed by atoms with E-state index < -0.39 is 0 Å². The van der Waals surface area contributed by atoms with Crippen LogP contribution in [0.5, 0.6) is 0 Å². The molecule has 0 bridgehead atoms. The second kappa shape index (κ2) is 8.04. The number of nitrogens with zero attached hydrogens (tertiary/aromatic N) is 2. The maximum absolute atomic E-state index is 12.6. The monoisotopic (exact) mass is 413 g/mol. The van der Waals surface area contributed by atoms with Crippen molar-refractivity contribution < 1.29 is 4.79 Å². The van der Waals surface area contributed by atoms with Gasteiger partial charge in [0.1, 0.15) is 5.82 Å². The fourth-order valence-corrected chi connectivity index (χ4v) is 3.43. The van der Waals surface area contributed by atoms with Gasteiger partial charge in [-0.25, -0.2) is 4.98 Å². The van der Waals surface area contributed by atoms with Crippen molar-refractivity contribution in [3.63, 3.8) is 0 Å². The Morgan fingerprint density at radius 2 is 1.96 bits per heavy atom. The Bertz CT molecular complexity index is 919. The molecule has 1 amide bonds. The molecule has 0 radical (unpaired) electrons. The fraction of sp³-hybridized carbons (Fsp3) is 0.333. The predicted octanol–water partition coefficient (Wildman–Crippen LogP) is 5.34. The Balaban J connectivity index is 1.90. The Kier molecular flexibility index (Phi) is 5.77. The minimum absolute atomic E-state index is 0.0963. The van der Waals surface area contributed by atoms with Gasteiger partial charge in [-0.15, -0.1) is 0 Å². The first-order valence-corrected chi connectivity index (χ1v) is 9.80. The number of benzene rings is 2. The second-order valence-corrected chi connectivity index (χ2v) is 7.70. The molecule has 1 heterocycles. The highest BCUT2D eigenvalue weighted by molar-refractivity contribution is 9.10. The van der Waals surface area contributed by atoms with Gasteiger partial charge in [0, 0.05) is 16.6 Å². The van der Waals surface area contributed by atoms with Gasteiger partial charge in [0.2, 0.25) is 0 Å². The number of aromatic nitrogens is 2. The molecule has 0 saturated carbocycles. The van der Waals surface area contributed by atoms with Crippen LogP contribution in [0.3, 0.4) is 0 Å². The predicted molar refractivity (Wildman–Crippen MR) is 109 cm³/mol.